The fourth-order valence-electron chi connectivity index (χ4n) is 2.19. The van der Waals surface area contributed by atoms with E-state index >= 15 is 0 Å². The largest absolute Gasteiger partial charge is 0.444 e. The Morgan fingerprint density at radius 2 is 1.67 bits per heavy atom. The molecule has 0 aromatic carbocycles. The number of rotatable bonds is 9. The van der Waals surface area contributed by atoms with E-state index in [0.29, 0.717) is 19.1 Å². The molecule has 0 aliphatic rings. The molecule has 1 unspecified atom stereocenters. The van der Waals surface area contributed by atoms with Crippen LogP contribution < -0.4 is 16.0 Å². The minimum absolute atomic E-state index is 0.398. The molecule has 7 nitrogen and oxygen atoms in total. The van der Waals surface area contributed by atoms with Crippen LogP contribution in [-0.2, 0) is 4.74 Å². The van der Waals surface area contributed by atoms with Gasteiger partial charge in [-0.25, -0.2) is 4.79 Å². The van der Waals surface area contributed by atoms with Gasteiger partial charge in [0, 0.05) is 25.7 Å². The van der Waals surface area contributed by atoms with Gasteiger partial charge in [-0.05, 0) is 47.7 Å². The zero-order chi connectivity index (χ0) is 18.6. The molecule has 0 spiro atoms. The number of likely N-dealkylation sites (N-methyl/N-ethyl adjacent to an activating group) is 1. The van der Waals surface area contributed by atoms with E-state index in [1.54, 1.807) is 0 Å². The van der Waals surface area contributed by atoms with Gasteiger partial charge in [-0.1, -0.05) is 13.8 Å². The summed E-state index contributed by atoms with van der Waals surface area (Å²) in [6.07, 6.45) is -0.401. The van der Waals surface area contributed by atoms with Crippen molar-refractivity contribution in [2.75, 3.05) is 39.3 Å². The first-order valence-corrected chi connectivity index (χ1v) is 8.96. The molecule has 0 aliphatic carbocycles. The van der Waals surface area contributed by atoms with Crippen molar-refractivity contribution in [2.24, 2.45) is 4.99 Å². The molecule has 0 aromatic rings. The number of hydrogen-bond donors (Lipinski definition) is 3. The molecule has 7 heteroatoms. The summed E-state index contributed by atoms with van der Waals surface area (Å²) in [6, 6.07) is 0.398. The lowest BCUT2D eigenvalue weighted by atomic mass is 10.2. The molecule has 0 saturated carbocycles. The van der Waals surface area contributed by atoms with E-state index in [1.807, 2.05) is 27.7 Å². The summed E-state index contributed by atoms with van der Waals surface area (Å²) in [5, 5.41) is 9.16. The maximum atomic E-state index is 11.6. The number of alkyl carbamates (subject to hydrolysis) is 1. The summed E-state index contributed by atoms with van der Waals surface area (Å²) in [5.41, 5.74) is -0.478. The summed E-state index contributed by atoms with van der Waals surface area (Å²) < 4.78 is 5.19. The maximum Gasteiger partial charge on any atom is 0.407 e. The number of hydrogen-bond acceptors (Lipinski definition) is 4. The third-order valence-corrected chi connectivity index (χ3v) is 3.38. The molecule has 3 N–H and O–H groups in total. The fourth-order valence-corrected chi connectivity index (χ4v) is 2.19. The fraction of sp³-hybridized carbons (Fsp3) is 0.882. The van der Waals surface area contributed by atoms with Gasteiger partial charge in [0.15, 0.2) is 5.96 Å². The smallest absolute Gasteiger partial charge is 0.407 e. The number of carbonyl (C=O) groups is 1. The minimum Gasteiger partial charge on any atom is -0.444 e. The van der Waals surface area contributed by atoms with Crippen LogP contribution in [0.4, 0.5) is 4.79 Å². The zero-order valence-corrected chi connectivity index (χ0v) is 16.5. The Bertz CT molecular complexity index is 376. The van der Waals surface area contributed by atoms with E-state index in [9.17, 15) is 4.79 Å². The van der Waals surface area contributed by atoms with E-state index in [4.69, 9.17) is 4.74 Å². The van der Waals surface area contributed by atoms with Gasteiger partial charge in [0.05, 0.1) is 6.54 Å². The highest BCUT2D eigenvalue weighted by molar-refractivity contribution is 5.79. The van der Waals surface area contributed by atoms with Crippen LogP contribution in [-0.4, -0.2) is 67.9 Å². The number of amides is 1. The van der Waals surface area contributed by atoms with Crippen LogP contribution in [0.5, 0.6) is 0 Å². The summed E-state index contributed by atoms with van der Waals surface area (Å²) >= 11 is 0. The number of nitrogens with one attached hydrogen (secondary N) is 3. The number of nitrogens with zero attached hydrogens (tertiary/aromatic N) is 2. The van der Waals surface area contributed by atoms with Crippen molar-refractivity contribution in [3.8, 4) is 0 Å². The van der Waals surface area contributed by atoms with E-state index in [1.165, 1.54) is 0 Å². The molecule has 24 heavy (non-hydrogen) atoms. The molecule has 0 fully saturated rings. The van der Waals surface area contributed by atoms with Crippen LogP contribution >= 0.6 is 0 Å². The highest BCUT2D eigenvalue weighted by Crippen LogP contribution is 2.05. The van der Waals surface area contributed by atoms with Crippen LogP contribution in [0, 0.1) is 0 Å². The molecule has 0 saturated heterocycles. The maximum absolute atomic E-state index is 11.6. The molecule has 0 rings (SSSR count). The first-order valence-electron chi connectivity index (χ1n) is 8.96. The van der Waals surface area contributed by atoms with Gasteiger partial charge in [0.25, 0.3) is 0 Å². The molecular weight excluding hydrogens is 306 g/mol. The van der Waals surface area contributed by atoms with Crippen molar-refractivity contribution in [1.29, 1.82) is 0 Å². The summed E-state index contributed by atoms with van der Waals surface area (Å²) in [4.78, 5) is 18.6. The standard InChI is InChI=1S/C17H37N5O2/c1-8-18-15(21-13-14(4)22(9-2)10-3)19-11-12-20-16(23)24-17(5,6)7/h14H,8-13H2,1-7H3,(H,20,23)(H2,18,19,21). The molecule has 142 valence electrons. The van der Waals surface area contributed by atoms with Gasteiger partial charge in [0.1, 0.15) is 5.60 Å². The molecular formula is C17H37N5O2. The number of ether oxygens (including phenoxy) is 1. The van der Waals surface area contributed by atoms with Gasteiger partial charge in [0.2, 0.25) is 0 Å². The molecule has 0 bridgehead atoms. The summed E-state index contributed by atoms with van der Waals surface area (Å²) in [6.45, 7) is 18.7. The first kappa shape index (κ1) is 22.5. The quantitative estimate of drug-likeness (QED) is 0.338. The SMILES string of the molecule is CCNC(=NCC(C)N(CC)CC)NCCNC(=O)OC(C)(C)C. The van der Waals surface area contributed by atoms with E-state index < -0.39 is 11.7 Å². The van der Waals surface area contributed by atoms with Gasteiger partial charge in [-0.2, -0.15) is 0 Å². The topological polar surface area (TPSA) is 78.0 Å². The second-order valence-electron chi connectivity index (χ2n) is 6.65. The molecule has 0 radical (unpaired) electrons. The number of aliphatic imine (C=N–C) groups is 1. The van der Waals surface area contributed by atoms with Crippen molar-refractivity contribution in [1.82, 2.24) is 20.9 Å². The molecule has 0 heterocycles. The van der Waals surface area contributed by atoms with Crippen molar-refractivity contribution >= 4 is 12.1 Å². The molecule has 1 atom stereocenters. The zero-order valence-electron chi connectivity index (χ0n) is 16.5. The Labute approximate surface area is 147 Å². The average Bonchev–Trinajstić information content (AvgIpc) is 2.48. The summed E-state index contributed by atoms with van der Waals surface area (Å²) in [5.74, 6) is 0.766. The third-order valence-electron chi connectivity index (χ3n) is 3.38. The monoisotopic (exact) mass is 343 g/mol. The van der Waals surface area contributed by atoms with E-state index in [0.717, 1.165) is 32.1 Å². The Hall–Kier alpha value is -1.50. The summed E-state index contributed by atoms with van der Waals surface area (Å²) in [7, 11) is 0. The molecule has 0 aliphatic heterocycles. The normalized spacial score (nSPS) is 13.6. The predicted molar refractivity (Wildman–Crippen MR) is 101 cm³/mol. The highest BCUT2D eigenvalue weighted by Gasteiger charge is 2.15. The second kappa shape index (κ2) is 11.9. The lowest BCUT2D eigenvalue weighted by Gasteiger charge is -2.25. The number of guanidine groups is 1. The van der Waals surface area contributed by atoms with Crippen molar-refractivity contribution in [3.05, 3.63) is 0 Å². The highest BCUT2D eigenvalue weighted by atomic mass is 16.6. The lowest BCUT2D eigenvalue weighted by molar-refractivity contribution is 0.0529. The van der Waals surface area contributed by atoms with E-state index in [-0.39, 0.29) is 0 Å². The van der Waals surface area contributed by atoms with Gasteiger partial charge < -0.3 is 20.7 Å². The van der Waals surface area contributed by atoms with Crippen LogP contribution in [0.1, 0.15) is 48.5 Å². The van der Waals surface area contributed by atoms with Crippen LogP contribution in [0.15, 0.2) is 4.99 Å². The Balaban J connectivity index is 4.24. The van der Waals surface area contributed by atoms with E-state index in [2.05, 4.69) is 46.6 Å². The third kappa shape index (κ3) is 11.1. The van der Waals surface area contributed by atoms with Crippen molar-refractivity contribution in [2.45, 2.75) is 60.1 Å². The Kier molecular flexibility index (Phi) is 11.2. The lowest BCUT2D eigenvalue weighted by Crippen LogP contribution is -2.43. The minimum atomic E-state index is -0.478. The first-order chi connectivity index (χ1) is 11.2. The van der Waals surface area contributed by atoms with Gasteiger partial charge in [-0.3, -0.25) is 9.89 Å². The van der Waals surface area contributed by atoms with Crippen molar-refractivity contribution < 1.29 is 9.53 Å². The Morgan fingerprint density at radius 1 is 1.08 bits per heavy atom. The van der Waals surface area contributed by atoms with Gasteiger partial charge >= 0.3 is 6.09 Å². The second-order valence-corrected chi connectivity index (χ2v) is 6.65. The van der Waals surface area contributed by atoms with Crippen molar-refractivity contribution in [3.63, 3.8) is 0 Å². The molecule has 0 aromatic heterocycles. The van der Waals surface area contributed by atoms with Crippen LogP contribution in [0.3, 0.4) is 0 Å². The molecule has 1 amide bonds. The average molecular weight is 344 g/mol. The van der Waals surface area contributed by atoms with Crippen LogP contribution in [0.25, 0.3) is 0 Å². The number of carbonyl (C=O) groups excluding carboxylic acids is 1. The Morgan fingerprint density at radius 3 is 2.17 bits per heavy atom. The predicted octanol–water partition coefficient (Wildman–Crippen LogP) is 1.80. The van der Waals surface area contributed by atoms with Gasteiger partial charge in [-0.15, -0.1) is 0 Å². The van der Waals surface area contributed by atoms with Crippen LogP contribution in [0.2, 0.25) is 0 Å².